The predicted octanol–water partition coefficient (Wildman–Crippen LogP) is 3.77. The van der Waals surface area contributed by atoms with E-state index >= 15 is 0 Å². The van der Waals surface area contributed by atoms with Crippen LogP contribution in [0.4, 0.5) is 0 Å². The first kappa shape index (κ1) is 21.6. The molecule has 3 rings (SSSR count). The summed E-state index contributed by atoms with van der Waals surface area (Å²) in [6, 6.07) is 15.7. The number of benzene rings is 2. The normalized spacial score (nSPS) is 11.7. The fraction of sp³-hybridized carbons (Fsp3) is 0.273. The number of thioether (sulfide) groups is 1. The topological polar surface area (TPSA) is 86.1 Å². The second-order valence-electron chi connectivity index (χ2n) is 6.59. The third-order valence-corrected chi connectivity index (χ3v) is 5.54. The molecule has 2 aromatic carbocycles. The molecule has 1 heterocycles. The minimum atomic E-state index is -0.322. The van der Waals surface area contributed by atoms with Gasteiger partial charge in [-0.1, -0.05) is 30.0 Å². The molecule has 1 unspecified atom stereocenters. The molecule has 1 N–H and O–H groups in total. The lowest BCUT2D eigenvalue weighted by Crippen LogP contribution is -2.28. The SMILES string of the molecule is CCn1c(SCC(=O)c2ccc(OC)cc2)nnc1C(C)NC(=O)c1ccccc1. The van der Waals surface area contributed by atoms with E-state index in [0.717, 1.165) is 0 Å². The number of ketones is 1. The number of Topliss-reactive ketones (excluding diaryl/α,β-unsaturated/α-hetero) is 1. The highest BCUT2D eigenvalue weighted by Gasteiger charge is 2.20. The van der Waals surface area contributed by atoms with Crippen LogP contribution in [0.5, 0.6) is 5.75 Å². The molecule has 0 spiro atoms. The maximum Gasteiger partial charge on any atom is 0.251 e. The fourth-order valence-electron chi connectivity index (χ4n) is 2.95. The van der Waals surface area contributed by atoms with E-state index in [1.54, 1.807) is 43.5 Å². The second kappa shape index (κ2) is 10.1. The number of methoxy groups -OCH3 is 1. The first-order valence-electron chi connectivity index (χ1n) is 9.62. The Labute approximate surface area is 179 Å². The molecular weight excluding hydrogens is 400 g/mol. The van der Waals surface area contributed by atoms with Gasteiger partial charge in [0.1, 0.15) is 5.75 Å². The third kappa shape index (κ3) is 5.07. The van der Waals surface area contributed by atoms with E-state index in [1.807, 2.05) is 36.6 Å². The Balaban J connectivity index is 1.65. The van der Waals surface area contributed by atoms with Crippen LogP contribution in [0.3, 0.4) is 0 Å². The summed E-state index contributed by atoms with van der Waals surface area (Å²) >= 11 is 1.33. The van der Waals surface area contributed by atoms with Crippen molar-refractivity contribution in [3.05, 3.63) is 71.5 Å². The molecule has 3 aromatic rings. The molecule has 7 nitrogen and oxygen atoms in total. The molecule has 1 atom stereocenters. The van der Waals surface area contributed by atoms with Gasteiger partial charge in [-0.3, -0.25) is 9.59 Å². The van der Waals surface area contributed by atoms with Gasteiger partial charge in [0, 0.05) is 17.7 Å². The molecule has 156 valence electrons. The summed E-state index contributed by atoms with van der Waals surface area (Å²) in [7, 11) is 1.59. The smallest absolute Gasteiger partial charge is 0.251 e. The van der Waals surface area contributed by atoms with Gasteiger partial charge in [-0.15, -0.1) is 10.2 Å². The highest BCUT2D eigenvalue weighted by atomic mass is 32.2. The molecule has 1 aromatic heterocycles. The Bertz CT molecular complexity index is 1000. The van der Waals surface area contributed by atoms with Crippen LogP contribution in [0.25, 0.3) is 0 Å². The first-order chi connectivity index (χ1) is 14.5. The number of nitrogens with one attached hydrogen (secondary N) is 1. The van der Waals surface area contributed by atoms with Crippen LogP contribution in [0.2, 0.25) is 0 Å². The van der Waals surface area contributed by atoms with Crippen molar-refractivity contribution in [1.29, 1.82) is 0 Å². The van der Waals surface area contributed by atoms with E-state index in [9.17, 15) is 9.59 Å². The van der Waals surface area contributed by atoms with Crippen LogP contribution in [0.15, 0.2) is 59.8 Å². The van der Waals surface area contributed by atoms with Crippen molar-refractivity contribution in [1.82, 2.24) is 20.1 Å². The van der Waals surface area contributed by atoms with E-state index < -0.39 is 0 Å². The Morgan fingerprint density at radius 2 is 1.77 bits per heavy atom. The van der Waals surface area contributed by atoms with Crippen molar-refractivity contribution < 1.29 is 14.3 Å². The number of ether oxygens (including phenoxy) is 1. The molecular formula is C22H24N4O3S. The molecule has 0 bridgehead atoms. The molecule has 0 radical (unpaired) electrons. The van der Waals surface area contributed by atoms with Crippen molar-refractivity contribution in [3.63, 3.8) is 0 Å². The highest BCUT2D eigenvalue weighted by Crippen LogP contribution is 2.22. The largest absolute Gasteiger partial charge is 0.497 e. The maximum atomic E-state index is 12.5. The summed E-state index contributed by atoms with van der Waals surface area (Å²) in [5.74, 6) is 1.44. The van der Waals surface area contributed by atoms with Gasteiger partial charge in [0.2, 0.25) is 0 Å². The minimum absolute atomic E-state index is 0.000264. The van der Waals surface area contributed by atoms with Gasteiger partial charge in [0.15, 0.2) is 16.8 Å². The second-order valence-corrected chi connectivity index (χ2v) is 7.53. The molecule has 8 heteroatoms. The molecule has 0 saturated heterocycles. The van der Waals surface area contributed by atoms with Crippen molar-refractivity contribution in [3.8, 4) is 5.75 Å². The summed E-state index contributed by atoms with van der Waals surface area (Å²) in [5.41, 5.74) is 1.21. The standard InChI is InChI=1S/C22H24N4O3S/c1-4-26-20(15(2)23-21(28)17-8-6-5-7-9-17)24-25-22(26)30-14-19(27)16-10-12-18(29-3)13-11-16/h5-13,15H,4,14H2,1-3H3,(H,23,28). The van der Waals surface area contributed by atoms with Crippen LogP contribution < -0.4 is 10.1 Å². The summed E-state index contributed by atoms with van der Waals surface area (Å²) in [4.78, 5) is 24.9. The number of amides is 1. The Hall–Kier alpha value is -3.13. The Morgan fingerprint density at radius 3 is 2.40 bits per heavy atom. The molecule has 0 aliphatic rings. The van der Waals surface area contributed by atoms with Gasteiger partial charge in [-0.2, -0.15) is 0 Å². The van der Waals surface area contributed by atoms with Gasteiger partial charge in [0.25, 0.3) is 5.91 Å². The van der Waals surface area contributed by atoms with E-state index in [0.29, 0.717) is 34.4 Å². The van der Waals surface area contributed by atoms with Crippen molar-refractivity contribution in [2.75, 3.05) is 12.9 Å². The van der Waals surface area contributed by atoms with Gasteiger partial charge in [-0.25, -0.2) is 0 Å². The maximum absolute atomic E-state index is 12.5. The van der Waals surface area contributed by atoms with Crippen LogP contribution in [-0.2, 0) is 6.54 Å². The van der Waals surface area contributed by atoms with Gasteiger partial charge in [0.05, 0.1) is 18.9 Å². The lowest BCUT2D eigenvalue weighted by atomic mass is 10.1. The van der Waals surface area contributed by atoms with Gasteiger partial charge >= 0.3 is 0 Å². The lowest BCUT2D eigenvalue weighted by Gasteiger charge is -2.15. The molecule has 0 aliphatic heterocycles. The van der Waals surface area contributed by atoms with Crippen molar-refractivity contribution in [2.24, 2.45) is 0 Å². The number of nitrogens with zero attached hydrogens (tertiary/aromatic N) is 3. The van der Waals surface area contributed by atoms with Crippen molar-refractivity contribution in [2.45, 2.75) is 31.6 Å². The average Bonchev–Trinajstić information content (AvgIpc) is 3.21. The van der Waals surface area contributed by atoms with E-state index in [-0.39, 0.29) is 23.5 Å². The number of carbonyl (C=O) groups is 2. The average molecular weight is 425 g/mol. The number of carbonyl (C=O) groups excluding carboxylic acids is 2. The minimum Gasteiger partial charge on any atom is -0.497 e. The number of hydrogen-bond donors (Lipinski definition) is 1. The lowest BCUT2D eigenvalue weighted by molar-refractivity contribution is 0.0936. The predicted molar refractivity (Wildman–Crippen MR) is 116 cm³/mol. The molecule has 0 saturated carbocycles. The quantitative estimate of drug-likeness (QED) is 0.416. The van der Waals surface area contributed by atoms with E-state index in [4.69, 9.17) is 4.74 Å². The zero-order valence-corrected chi connectivity index (χ0v) is 18.0. The number of hydrogen-bond acceptors (Lipinski definition) is 6. The molecule has 30 heavy (non-hydrogen) atoms. The van der Waals surface area contributed by atoms with Gasteiger partial charge in [-0.05, 0) is 50.2 Å². The van der Waals surface area contributed by atoms with Crippen LogP contribution >= 0.6 is 11.8 Å². The van der Waals surface area contributed by atoms with E-state index in [1.165, 1.54) is 11.8 Å². The zero-order chi connectivity index (χ0) is 21.5. The first-order valence-corrected chi connectivity index (χ1v) is 10.6. The Kier molecular flexibility index (Phi) is 7.24. The third-order valence-electron chi connectivity index (χ3n) is 4.58. The van der Waals surface area contributed by atoms with E-state index in [2.05, 4.69) is 15.5 Å². The highest BCUT2D eigenvalue weighted by molar-refractivity contribution is 7.99. The number of rotatable bonds is 9. The molecule has 0 aliphatic carbocycles. The molecule has 1 amide bonds. The summed E-state index contributed by atoms with van der Waals surface area (Å²) in [6.07, 6.45) is 0. The van der Waals surface area contributed by atoms with Crippen LogP contribution in [-0.4, -0.2) is 39.3 Å². The monoisotopic (exact) mass is 424 g/mol. The Morgan fingerprint density at radius 1 is 1.07 bits per heavy atom. The zero-order valence-electron chi connectivity index (χ0n) is 17.2. The van der Waals surface area contributed by atoms with Crippen LogP contribution in [0.1, 0.15) is 46.4 Å². The fourth-order valence-corrected chi connectivity index (χ4v) is 3.85. The summed E-state index contributed by atoms with van der Waals surface area (Å²) in [6.45, 7) is 4.48. The van der Waals surface area contributed by atoms with Crippen molar-refractivity contribution >= 4 is 23.5 Å². The molecule has 0 fully saturated rings. The van der Waals surface area contributed by atoms with Crippen LogP contribution in [0, 0.1) is 0 Å². The van der Waals surface area contributed by atoms with Gasteiger partial charge < -0.3 is 14.6 Å². The summed E-state index contributed by atoms with van der Waals surface area (Å²) < 4.78 is 7.04. The number of aromatic nitrogens is 3. The summed E-state index contributed by atoms with van der Waals surface area (Å²) in [5, 5.41) is 12.1.